The Bertz CT molecular complexity index is 1280. The fourth-order valence-electron chi connectivity index (χ4n) is 2.92. The van der Waals surface area contributed by atoms with Gasteiger partial charge in [0.05, 0.1) is 21.8 Å². The van der Waals surface area contributed by atoms with E-state index >= 15 is 0 Å². The summed E-state index contributed by atoms with van der Waals surface area (Å²) in [5.41, 5.74) is 1.98. The topological polar surface area (TPSA) is 63.3 Å². The Morgan fingerprint density at radius 3 is 2.66 bits per heavy atom. The number of carbonyl (C=O) groups is 1. The lowest BCUT2D eigenvalue weighted by molar-refractivity contribution is 0.0699. The van der Waals surface area contributed by atoms with Crippen molar-refractivity contribution < 1.29 is 14.3 Å². The van der Waals surface area contributed by atoms with Gasteiger partial charge in [0.15, 0.2) is 0 Å². The van der Waals surface area contributed by atoms with Gasteiger partial charge in [0.25, 0.3) is 0 Å². The first-order chi connectivity index (χ1) is 13.9. The lowest BCUT2D eigenvalue weighted by atomic mass is 10.1. The van der Waals surface area contributed by atoms with E-state index in [9.17, 15) is 9.90 Å². The highest BCUT2D eigenvalue weighted by Gasteiger charge is 2.12. The summed E-state index contributed by atoms with van der Waals surface area (Å²) in [6.45, 7) is 0. The first-order valence-electron chi connectivity index (χ1n) is 8.47. The first kappa shape index (κ1) is 19.7. The van der Waals surface area contributed by atoms with E-state index in [2.05, 4.69) is 20.9 Å². The molecule has 0 aliphatic carbocycles. The van der Waals surface area contributed by atoms with Crippen molar-refractivity contribution >= 4 is 68.2 Å². The van der Waals surface area contributed by atoms with Gasteiger partial charge in [0.1, 0.15) is 11.5 Å². The number of aromatic nitrogens is 1. The number of fused-ring (bicyclic) bond motifs is 1. The van der Waals surface area contributed by atoms with Gasteiger partial charge in [-0.05, 0) is 66.7 Å². The second kappa shape index (κ2) is 8.03. The van der Waals surface area contributed by atoms with Crippen molar-refractivity contribution in [3.8, 4) is 11.3 Å². The summed E-state index contributed by atoms with van der Waals surface area (Å²) in [7, 11) is 0. The molecule has 7 heteroatoms. The van der Waals surface area contributed by atoms with Crippen molar-refractivity contribution in [2.75, 3.05) is 0 Å². The molecule has 0 spiro atoms. The second-order valence-electron chi connectivity index (χ2n) is 6.22. The van der Waals surface area contributed by atoms with Gasteiger partial charge in [-0.3, -0.25) is 0 Å². The summed E-state index contributed by atoms with van der Waals surface area (Å²) >= 11 is 15.6. The van der Waals surface area contributed by atoms with E-state index in [-0.39, 0.29) is 5.56 Å². The number of aromatic carboxylic acids is 1. The highest BCUT2D eigenvalue weighted by Crippen LogP contribution is 2.32. The van der Waals surface area contributed by atoms with Gasteiger partial charge in [0, 0.05) is 20.4 Å². The van der Waals surface area contributed by atoms with Gasteiger partial charge >= 0.3 is 5.97 Å². The standard InChI is InChI=1S/C22H12BrCl2NO3/c23-12-1-7-20-16(9-12)17(22(27)28)11-14(26-20)3-4-15-5-8-21(29-15)18-10-13(24)2-6-19(18)25/h1-11H,(H,27,28)/b4-3+. The van der Waals surface area contributed by atoms with Gasteiger partial charge < -0.3 is 9.52 Å². The molecule has 29 heavy (non-hydrogen) atoms. The molecular formula is C22H12BrCl2NO3. The molecule has 0 aliphatic heterocycles. The van der Waals surface area contributed by atoms with E-state index < -0.39 is 5.97 Å². The minimum absolute atomic E-state index is 0.182. The van der Waals surface area contributed by atoms with Crippen molar-refractivity contribution in [2.24, 2.45) is 0 Å². The predicted molar refractivity (Wildman–Crippen MR) is 119 cm³/mol. The van der Waals surface area contributed by atoms with E-state index in [1.165, 1.54) is 6.07 Å². The third-order valence-corrected chi connectivity index (χ3v) is 5.32. The Balaban J connectivity index is 1.69. The fourth-order valence-corrected chi connectivity index (χ4v) is 3.67. The maximum absolute atomic E-state index is 11.7. The minimum Gasteiger partial charge on any atom is -0.478 e. The smallest absolute Gasteiger partial charge is 0.336 e. The second-order valence-corrected chi connectivity index (χ2v) is 7.98. The summed E-state index contributed by atoms with van der Waals surface area (Å²) < 4.78 is 6.62. The third-order valence-electron chi connectivity index (χ3n) is 4.26. The Kier molecular flexibility index (Phi) is 5.46. The van der Waals surface area contributed by atoms with E-state index in [4.69, 9.17) is 27.6 Å². The maximum atomic E-state index is 11.7. The van der Waals surface area contributed by atoms with Crippen LogP contribution in [0, 0.1) is 0 Å². The van der Waals surface area contributed by atoms with E-state index in [0.29, 0.717) is 43.7 Å². The highest BCUT2D eigenvalue weighted by atomic mass is 79.9. The molecule has 4 aromatic rings. The average molecular weight is 489 g/mol. The van der Waals surface area contributed by atoms with Gasteiger partial charge in [-0.25, -0.2) is 9.78 Å². The summed E-state index contributed by atoms with van der Waals surface area (Å²) in [5, 5.41) is 11.2. The van der Waals surface area contributed by atoms with Gasteiger partial charge in [0.2, 0.25) is 0 Å². The number of carboxylic acid groups (broad SMARTS) is 1. The average Bonchev–Trinajstić information content (AvgIpc) is 3.16. The van der Waals surface area contributed by atoms with Crippen molar-refractivity contribution in [1.29, 1.82) is 0 Å². The number of carboxylic acids is 1. The predicted octanol–water partition coefficient (Wildman–Crippen LogP) is 7.43. The summed E-state index contributed by atoms with van der Waals surface area (Å²) in [6, 6.07) is 15.6. The summed E-state index contributed by atoms with van der Waals surface area (Å²) in [6.07, 6.45) is 3.43. The third kappa shape index (κ3) is 4.22. The lowest BCUT2D eigenvalue weighted by Crippen LogP contribution is -2.00. The molecule has 2 aromatic heterocycles. The van der Waals surface area contributed by atoms with Crippen LogP contribution in [0.5, 0.6) is 0 Å². The number of halogens is 3. The van der Waals surface area contributed by atoms with Crippen LogP contribution in [0.25, 0.3) is 34.4 Å². The quantitative estimate of drug-likeness (QED) is 0.324. The van der Waals surface area contributed by atoms with Gasteiger partial charge in [-0.2, -0.15) is 0 Å². The van der Waals surface area contributed by atoms with Crippen molar-refractivity contribution in [3.63, 3.8) is 0 Å². The Morgan fingerprint density at radius 1 is 1.03 bits per heavy atom. The molecule has 0 fully saturated rings. The summed E-state index contributed by atoms with van der Waals surface area (Å²) in [5.74, 6) is 0.145. The van der Waals surface area contributed by atoms with Crippen molar-refractivity contribution in [1.82, 2.24) is 4.98 Å². The number of pyridine rings is 1. The maximum Gasteiger partial charge on any atom is 0.336 e. The van der Waals surface area contributed by atoms with Crippen LogP contribution in [0.15, 0.2) is 63.5 Å². The van der Waals surface area contributed by atoms with Crippen LogP contribution in [-0.4, -0.2) is 16.1 Å². The zero-order chi connectivity index (χ0) is 20.5. The molecule has 0 unspecified atom stereocenters. The number of hydrogen-bond acceptors (Lipinski definition) is 3. The van der Waals surface area contributed by atoms with Gasteiger partial charge in [-0.15, -0.1) is 0 Å². The molecule has 0 bridgehead atoms. The van der Waals surface area contributed by atoms with Crippen LogP contribution in [-0.2, 0) is 0 Å². The number of benzene rings is 2. The largest absolute Gasteiger partial charge is 0.478 e. The number of rotatable bonds is 4. The van der Waals surface area contributed by atoms with Crippen LogP contribution < -0.4 is 0 Å². The van der Waals surface area contributed by atoms with E-state index in [1.54, 1.807) is 54.6 Å². The molecule has 4 nitrogen and oxygen atoms in total. The number of furan rings is 1. The van der Waals surface area contributed by atoms with E-state index in [0.717, 1.165) is 4.47 Å². The molecule has 0 saturated carbocycles. The molecule has 2 heterocycles. The molecular weight excluding hydrogens is 477 g/mol. The fraction of sp³-hybridized carbons (Fsp3) is 0. The molecule has 0 radical (unpaired) electrons. The van der Waals surface area contributed by atoms with Gasteiger partial charge in [-0.1, -0.05) is 39.1 Å². The molecule has 0 amide bonds. The van der Waals surface area contributed by atoms with Crippen molar-refractivity contribution in [2.45, 2.75) is 0 Å². The van der Waals surface area contributed by atoms with E-state index in [1.807, 2.05) is 6.07 Å². The molecule has 0 atom stereocenters. The monoisotopic (exact) mass is 487 g/mol. The minimum atomic E-state index is -1.01. The SMILES string of the molecule is O=C(O)c1cc(/C=C/c2ccc(-c3cc(Cl)ccc3Cl)o2)nc2ccc(Br)cc12. The molecule has 1 N–H and O–H groups in total. The van der Waals surface area contributed by atoms with Crippen LogP contribution in [0.4, 0.5) is 0 Å². The zero-order valence-corrected chi connectivity index (χ0v) is 17.8. The van der Waals surface area contributed by atoms with Crippen LogP contribution >= 0.6 is 39.1 Å². The Morgan fingerprint density at radius 2 is 1.86 bits per heavy atom. The molecule has 0 aliphatic rings. The highest BCUT2D eigenvalue weighted by molar-refractivity contribution is 9.10. The number of hydrogen-bond donors (Lipinski definition) is 1. The Labute approximate surface area is 184 Å². The molecule has 0 saturated heterocycles. The van der Waals surface area contributed by atoms with Crippen LogP contribution in [0.3, 0.4) is 0 Å². The molecule has 4 rings (SSSR count). The Hall–Kier alpha value is -2.60. The zero-order valence-electron chi connectivity index (χ0n) is 14.7. The number of nitrogens with zero attached hydrogens (tertiary/aromatic N) is 1. The molecule has 2 aromatic carbocycles. The van der Waals surface area contributed by atoms with Crippen LogP contribution in [0.1, 0.15) is 21.8 Å². The summed E-state index contributed by atoms with van der Waals surface area (Å²) in [4.78, 5) is 16.2. The molecule has 144 valence electrons. The lowest BCUT2D eigenvalue weighted by Gasteiger charge is -2.05. The normalized spacial score (nSPS) is 11.4. The van der Waals surface area contributed by atoms with Crippen LogP contribution in [0.2, 0.25) is 10.0 Å². The van der Waals surface area contributed by atoms with Crippen molar-refractivity contribution in [3.05, 3.63) is 86.1 Å². The first-order valence-corrected chi connectivity index (χ1v) is 10.0.